The monoisotopic (exact) mass is 272 g/mol. The minimum Gasteiger partial charge on any atom is -0.497 e. The Labute approximate surface area is 119 Å². The first-order valence-corrected chi connectivity index (χ1v) is 6.54. The fourth-order valence-corrected chi connectivity index (χ4v) is 2.06. The molecule has 0 fully saturated rings. The van der Waals surface area contributed by atoms with Gasteiger partial charge in [0, 0.05) is 24.5 Å². The van der Waals surface area contributed by atoms with E-state index in [4.69, 9.17) is 15.2 Å². The van der Waals surface area contributed by atoms with Crippen LogP contribution >= 0.6 is 0 Å². The predicted octanol–water partition coefficient (Wildman–Crippen LogP) is 2.80. The van der Waals surface area contributed by atoms with E-state index in [1.165, 1.54) is 0 Å². The first-order valence-electron chi connectivity index (χ1n) is 6.54. The van der Waals surface area contributed by atoms with Crippen molar-refractivity contribution in [3.05, 3.63) is 48.5 Å². The highest BCUT2D eigenvalue weighted by atomic mass is 16.5. The Morgan fingerprint density at radius 2 is 1.20 bits per heavy atom. The van der Waals surface area contributed by atoms with Gasteiger partial charge >= 0.3 is 0 Å². The van der Waals surface area contributed by atoms with Crippen LogP contribution < -0.4 is 20.1 Å². The van der Waals surface area contributed by atoms with E-state index in [0.717, 1.165) is 29.4 Å². The van der Waals surface area contributed by atoms with Gasteiger partial charge in [-0.05, 0) is 48.5 Å². The molecular formula is C16H20N2O2. The standard InChI is InChI=1S/C16H20N2O2/c1-19-15-7-3-13(4-8-15)18(12-11-17)14-5-9-16(20-2)10-6-14/h3-10H,11-12,17H2,1-2H3. The SMILES string of the molecule is COc1ccc(N(CCN)c2ccc(OC)cc2)cc1. The lowest BCUT2D eigenvalue weighted by atomic mass is 10.2. The molecule has 0 aliphatic heterocycles. The van der Waals surface area contributed by atoms with Gasteiger partial charge in [-0.2, -0.15) is 0 Å². The molecule has 0 bridgehead atoms. The lowest BCUT2D eigenvalue weighted by Gasteiger charge is -2.24. The number of rotatable bonds is 6. The summed E-state index contributed by atoms with van der Waals surface area (Å²) in [6, 6.07) is 15.9. The number of anilines is 2. The highest BCUT2D eigenvalue weighted by Crippen LogP contribution is 2.28. The van der Waals surface area contributed by atoms with Gasteiger partial charge in [0.25, 0.3) is 0 Å². The average Bonchev–Trinajstić information content (AvgIpc) is 2.53. The van der Waals surface area contributed by atoms with Crippen LogP contribution in [0, 0.1) is 0 Å². The minimum atomic E-state index is 0.581. The van der Waals surface area contributed by atoms with Crippen LogP contribution in [0.1, 0.15) is 0 Å². The topological polar surface area (TPSA) is 47.7 Å². The number of methoxy groups -OCH3 is 2. The third-order valence-electron chi connectivity index (χ3n) is 3.12. The van der Waals surface area contributed by atoms with Gasteiger partial charge in [-0.25, -0.2) is 0 Å². The zero-order chi connectivity index (χ0) is 14.4. The molecule has 0 unspecified atom stereocenters. The van der Waals surface area contributed by atoms with Crippen molar-refractivity contribution < 1.29 is 9.47 Å². The maximum absolute atomic E-state index is 5.73. The molecule has 4 nitrogen and oxygen atoms in total. The first-order chi connectivity index (χ1) is 9.78. The summed E-state index contributed by atoms with van der Waals surface area (Å²) in [5, 5.41) is 0. The number of nitrogens with two attached hydrogens (primary N) is 1. The van der Waals surface area contributed by atoms with E-state index in [1.54, 1.807) is 14.2 Å². The van der Waals surface area contributed by atoms with Crippen molar-refractivity contribution in [3.63, 3.8) is 0 Å². The van der Waals surface area contributed by atoms with Gasteiger partial charge < -0.3 is 20.1 Å². The summed E-state index contributed by atoms with van der Waals surface area (Å²) in [5.41, 5.74) is 7.89. The molecule has 0 radical (unpaired) electrons. The van der Waals surface area contributed by atoms with Crippen molar-refractivity contribution in [1.29, 1.82) is 0 Å². The second-order valence-electron chi connectivity index (χ2n) is 4.34. The van der Waals surface area contributed by atoms with Crippen LogP contribution in [0.5, 0.6) is 11.5 Å². The summed E-state index contributed by atoms with van der Waals surface area (Å²) in [6.07, 6.45) is 0. The van der Waals surface area contributed by atoms with Crippen LogP contribution in [0.25, 0.3) is 0 Å². The van der Waals surface area contributed by atoms with E-state index in [2.05, 4.69) is 4.90 Å². The van der Waals surface area contributed by atoms with E-state index in [-0.39, 0.29) is 0 Å². The lowest BCUT2D eigenvalue weighted by molar-refractivity contribution is 0.415. The van der Waals surface area contributed by atoms with Crippen molar-refractivity contribution in [3.8, 4) is 11.5 Å². The quantitative estimate of drug-likeness (QED) is 0.878. The molecule has 0 aromatic heterocycles. The van der Waals surface area contributed by atoms with Gasteiger partial charge in [0.15, 0.2) is 0 Å². The van der Waals surface area contributed by atoms with E-state index < -0.39 is 0 Å². The zero-order valence-electron chi connectivity index (χ0n) is 11.9. The van der Waals surface area contributed by atoms with Crippen molar-refractivity contribution in [2.45, 2.75) is 0 Å². The minimum absolute atomic E-state index is 0.581. The van der Waals surface area contributed by atoms with Crippen molar-refractivity contribution in [2.24, 2.45) is 5.73 Å². The Bertz CT molecular complexity index is 476. The zero-order valence-corrected chi connectivity index (χ0v) is 11.9. The normalized spacial score (nSPS) is 10.2. The Kier molecular flexibility index (Phi) is 4.85. The second kappa shape index (κ2) is 6.82. The molecular weight excluding hydrogens is 252 g/mol. The summed E-state index contributed by atoms with van der Waals surface area (Å²) >= 11 is 0. The number of ether oxygens (including phenoxy) is 2. The molecule has 0 atom stereocenters. The molecule has 4 heteroatoms. The van der Waals surface area contributed by atoms with Crippen molar-refractivity contribution in [1.82, 2.24) is 0 Å². The highest BCUT2D eigenvalue weighted by Gasteiger charge is 2.08. The number of benzene rings is 2. The van der Waals surface area contributed by atoms with Gasteiger partial charge in [0.2, 0.25) is 0 Å². The third kappa shape index (κ3) is 3.22. The van der Waals surface area contributed by atoms with E-state index in [0.29, 0.717) is 6.54 Å². The molecule has 20 heavy (non-hydrogen) atoms. The molecule has 0 heterocycles. The average molecular weight is 272 g/mol. The van der Waals surface area contributed by atoms with E-state index in [9.17, 15) is 0 Å². The number of nitrogens with zero attached hydrogens (tertiary/aromatic N) is 1. The Hall–Kier alpha value is -2.20. The van der Waals surface area contributed by atoms with Crippen molar-refractivity contribution >= 4 is 11.4 Å². The van der Waals surface area contributed by atoms with E-state index in [1.807, 2.05) is 48.5 Å². The van der Waals surface area contributed by atoms with Gasteiger partial charge in [0.1, 0.15) is 11.5 Å². The van der Waals surface area contributed by atoms with Crippen LogP contribution in [-0.4, -0.2) is 27.3 Å². The summed E-state index contributed by atoms with van der Waals surface area (Å²) in [4.78, 5) is 2.17. The molecule has 2 N–H and O–H groups in total. The number of hydrogen-bond donors (Lipinski definition) is 1. The lowest BCUT2D eigenvalue weighted by Crippen LogP contribution is -2.24. The molecule has 0 aliphatic rings. The molecule has 0 aliphatic carbocycles. The maximum atomic E-state index is 5.73. The maximum Gasteiger partial charge on any atom is 0.119 e. The van der Waals surface area contributed by atoms with Crippen LogP contribution in [0.3, 0.4) is 0 Å². The summed E-state index contributed by atoms with van der Waals surface area (Å²) in [6.45, 7) is 1.33. The van der Waals surface area contributed by atoms with Crippen molar-refractivity contribution in [2.75, 3.05) is 32.2 Å². The molecule has 2 rings (SSSR count). The Morgan fingerprint density at radius 1 is 0.800 bits per heavy atom. The molecule has 2 aromatic rings. The van der Waals surface area contributed by atoms with Gasteiger partial charge in [0.05, 0.1) is 14.2 Å². The molecule has 2 aromatic carbocycles. The van der Waals surface area contributed by atoms with Gasteiger partial charge in [-0.3, -0.25) is 0 Å². The van der Waals surface area contributed by atoms with Crippen LogP contribution in [0.2, 0.25) is 0 Å². The molecule has 106 valence electrons. The van der Waals surface area contributed by atoms with Crippen LogP contribution in [-0.2, 0) is 0 Å². The Morgan fingerprint density at radius 3 is 1.50 bits per heavy atom. The third-order valence-corrected chi connectivity index (χ3v) is 3.12. The fourth-order valence-electron chi connectivity index (χ4n) is 2.06. The molecule has 0 saturated heterocycles. The predicted molar refractivity (Wildman–Crippen MR) is 82.0 cm³/mol. The summed E-state index contributed by atoms with van der Waals surface area (Å²) in [7, 11) is 3.33. The molecule has 0 spiro atoms. The molecule has 0 amide bonds. The first kappa shape index (κ1) is 14.2. The van der Waals surface area contributed by atoms with Gasteiger partial charge in [-0.15, -0.1) is 0 Å². The summed E-state index contributed by atoms with van der Waals surface area (Å²) < 4.78 is 10.4. The summed E-state index contributed by atoms with van der Waals surface area (Å²) in [5.74, 6) is 1.69. The largest absolute Gasteiger partial charge is 0.497 e. The Balaban J connectivity index is 2.28. The fraction of sp³-hybridized carbons (Fsp3) is 0.250. The highest BCUT2D eigenvalue weighted by molar-refractivity contribution is 5.64. The number of hydrogen-bond acceptors (Lipinski definition) is 4. The molecule has 0 saturated carbocycles. The van der Waals surface area contributed by atoms with Gasteiger partial charge in [-0.1, -0.05) is 0 Å². The second-order valence-corrected chi connectivity index (χ2v) is 4.34. The smallest absolute Gasteiger partial charge is 0.119 e. The van der Waals surface area contributed by atoms with E-state index >= 15 is 0 Å². The van der Waals surface area contributed by atoms with Crippen LogP contribution in [0.4, 0.5) is 11.4 Å². The van der Waals surface area contributed by atoms with Crippen LogP contribution in [0.15, 0.2) is 48.5 Å².